The highest BCUT2D eigenvalue weighted by Crippen LogP contribution is 2.28. The topological polar surface area (TPSA) is 17.1 Å². The Labute approximate surface area is 50.1 Å². The number of carbonyl (C=O) groups excluding carboxylic acids is 1. The van der Waals surface area contributed by atoms with Crippen molar-refractivity contribution >= 4 is 6.29 Å². The van der Waals surface area contributed by atoms with Crippen LogP contribution in [-0.4, -0.2) is 6.29 Å². The van der Waals surface area contributed by atoms with Crippen LogP contribution in [0.15, 0.2) is 0 Å². The second kappa shape index (κ2) is 2.29. The van der Waals surface area contributed by atoms with Crippen LogP contribution in [0.4, 0.5) is 0 Å². The molecule has 0 aromatic rings. The summed E-state index contributed by atoms with van der Waals surface area (Å²) in [7, 11) is 0. The molecular weight excluding hydrogens is 100 g/mol. The van der Waals surface area contributed by atoms with Gasteiger partial charge in [0.05, 0.1) is 0 Å². The monoisotopic (exact) mass is 112 g/mol. The summed E-state index contributed by atoms with van der Waals surface area (Å²) in [4.78, 5) is 10.2. The predicted molar refractivity (Wildman–Crippen MR) is 32.6 cm³/mol. The van der Waals surface area contributed by atoms with E-state index in [1.165, 1.54) is 12.8 Å². The van der Waals surface area contributed by atoms with E-state index >= 15 is 0 Å². The van der Waals surface area contributed by atoms with Gasteiger partial charge in [-0.2, -0.15) is 0 Å². The molecule has 1 saturated carbocycles. The second-order valence-electron chi connectivity index (χ2n) is 2.71. The molecule has 0 spiro atoms. The lowest BCUT2D eigenvalue weighted by Crippen LogP contribution is -2.03. The minimum Gasteiger partial charge on any atom is -0.303 e. The fourth-order valence-corrected chi connectivity index (χ4v) is 1.38. The van der Waals surface area contributed by atoms with Gasteiger partial charge in [-0.25, -0.2) is 0 Å². The van der Waals surface area contributed by atoms with Gasteiger partial charge in [0.2, 0.25) is 0 Å². The second-order valence-corrected chi connectivity index (χ2v) is 2.71. The van der Waals surface area contributed by atoms with Gasteiger partial charge in [-0.15, -0.1) is 0 Å². The lowest BCUT2D eigenvalue weighted by molar-refractivity contribution is -0.111. The fourth-order valence-electron chi connectivity index (χ4n) is 1.38. The molecule has 0 aromatic heterocycles. The van der Waals surface area contributed by atoms with E-state index in [9.17, 15) is 4.79 Å². The first-order valence-electron chi connectivity index (χ1n) is 3.30. The van der Waals surface area contributed by atoms with Crippen molar-refractivity contribution in [2.24, 2.45) is 11.8 Å². The van der Waals surface area contributed by atoms with E-state index in [-0.39, 0.29) is 0 Å². The number of carbonyl (C=O) groups is 1. The number of rotatable bonds is 1. The zero-order chi connectivity index (χ0) is 5.98. The van der Waals surface area contributed by atoms with Gasteiger partial charge in [0.25, 0.3) is 0 Å². The van der Waals surface area contributed by atoms with Crippen molar-refractivity contribution in [3.8, 4) is 0 Å². The number of hydrogen-bond acceptors (Lipinski definition) is 1. The van der Waals surface area contributed by atoms with Crippen LogP contribution in [-0.2, 0) is 4.79 Å². The van der Waals surface area contributed by atoms with Crippen molar-refractivity contribution in [2.75, 3.05) is 0 Å². The van der Waals surface area contributed by atoms with Gasteiger partial charge in [-0.1, -0.05) is 19.8 Å². The SMILES string of the molecule is CC1CCC[C@@H]1C=O. The Kier molecular flexibility index (Phi) is 1.66. The first-order chi connectivity index (χ1) is 3.84. The van der Waals surface area contributed by atoms with E-state index in [4.69, 9.17) is 0 Å². The van der Waals surface area contributed by atoms with Crippen molar-refractivity contribution in [3.63, 3.8) is 0 Å². The van der Waals surface area contributed by atoms with Gasteiger partial charge in [0.1, 0.15) is 6.29 Å². The lowest BCUT2D eigenvalue weighted by Gasteiger charge is -2.03. The smallest absolute Gasteiger partial charge is 0.123 e. The van der Waals surface area contributed by atoms with Crippen molar-refractivity contribution < 1.29 is 4.79 Å². The molecule has 0 N–H and O–H groups in total. The van der Waals surface area contributed by atoms with Crippen LogP contribution in [0.3, 0.4) is 0 Å². The molecule has 1 fully saturated rings. The van der Waals surface area contributed by atoms with Crippen LogP contribution < -0.4 is 0 Å². The Morgan fingerprint density at radius 3 is 2.50 bits per heavy atom. The highest BCUT2D eigenvalue weighted by Gasteiger charge is 2.21. The number of aldehydes is 1. The summed E-state index contributed by atoms with van der Waals surface area (Å²) in [5.41, 5.74) is 0. The first kappa shape index (κ1) is 5.80. The highest BCUT2D eigenvalue weighted by molar-refractivity contribution is 5.54. The van der Waals surface area contributed by atoms with Crippen molar-refractivity contribution in [2.45, 2.75) is 26.2 Å². The average molecular weight is 112 g/mol. The molecule has 0 amide bonds. The zero-order valence-electron chi connectivity index (χ0n) is 5.26. The van der Waals surface area contributed by atoms with Crippen molar-refractivity contribution in [3.05, 3.63) is 0 Å². The van der Waals surface area contributed by atoms with Crippen molar-refractivity contribution in [1.29, 1.82) is 0 Å². The molecule has 0 radical (unpaired) electrons. The van der Waals surface area contributed by atoms with Crippen molar-refractivity contribution in [1.82, 2.24) is 0 Å². The fraction of sp³-hybridized carbons (Fsp3) is 0.857. The molecule has 1 rings (SSSR count). The minimum atomic E-state index is 0.384. The van der Waals surface area contributed by atoms with E-state index in [0.29, 0.717) is 11.8 Å². The molecule has 1 aliphatic carbocycles. The Balaban J connectivity index is 2.41. The van der Waals surface area contributed by atoms with Gasteiger partial charge in [-0.3, -0.25) is 0 Å². The summed E-state index contributed by atoms with van der Waals surface area (Å²) in [5, 5.41) is 0. The molecule has 2 atom stereocenters. The van der Waals surface area contributed by atoms with E-state index < -0.39 is 0 Å². The normalized spacial score (nSPS) is 37.6. The lowest BCUT2D eigenvalue weighted by atomic mass is 10.0. The van der Waals surface area contributed by atoms with Crippen LogP contribution >= 0.6 is 0 Å². The van der Waals surface area contributed by atoms with Crippen LogP contribution in [0.1, 0.15) is 26.2 Å². The molecule has 46 valence electrons. The maximum Gasteiger partial charge on any atom is 0.123 e. The Morgan fingerprint density at radius 1 is 1.50 bits per heavy atom. The molecule has 1 unspecified atom stereocenters. The summed E-state index contributed by atoms with van der Waals surface area (Å²) in [6.45, 7) is 2.16. The van der Waals surface area contributed by atoms with E-state index in [0.717, 1.165) is 12.7 Å². The highest BCUT2D eigenvalue weighted by atomic mass is 16.1. The summed E-state index contributed by atoms with van der Waals surface area (Å²) in [5.74, 6) is 1.04. The molecule has 0 aliphatic heterocycles. The Hall–Kier alpha value is -0.330. The van der Waals surface area contributed by atoms with Gasteiger partial charge in [-0.05, 0) is 12.3 Å². The Morgan fingerprint density at radius 2 is 2.25 bits per heavy atom. The van der Waals surface area contributed by atoms with Crippen LogP contribution in [0.25, 0.3) is 0 Å². The molecule has 0 aromatic carbocycles. The van der Waals surface area contributed by atoms with Crippen LogP contribution in [0, 0.1) is 11.8 Å². The molecule has 1 aliphatic rings. The molecule has 0 saturated heterocycles. The third-order valence-corrected chi connectivity index (χ3v) is 2.10. The third kappa shape index (κ3) is 0.908. The zero-order valence-corrected chi connectivity index (χ0v) is 5.26. The summed E-state index contributed by atoms with van der Waals surface area (Å²) < 4.78 is 0. The maximum atomic E-state index is 10.2. The van der Waals surface area contributed by atoms with Gasteiger partial charge < -0.3 is 4.79 Å². The van der Waals surface area contributed by atoms with Crippen LogP contribution in [0.2, 0.25) is 0 Å². The quantitative estimate of drug-likeness (QED) is 0.471. The molecule has 1 nitrogen and oxygen atoms in total. The first-order valence-corrected chi connectivity index (χ1v) is 3.30. The Bertz CT molecular complexity index is 88.4. The van der Waals surface area contributed by atoms with Gasteiger partial charge >= 0.3 is 0 Å². The average Bonchev–Trinajstić information content (AvgIpc) is 2.14. The summed E-state index contributed by atoms with van der Waals surface area (Å²) >= 11 is 0. The molecule has 0 bridgehead atoms. The molecule has 1 heteroatoms. The van der Waals surface area contributed by atoms with E-state index in [2.05, 4.69) is 6.92 Å². The molecular formula is C7H12O. The van der Waals surface area contributed by atoms with E-state index in [1.807, 2.05) is 0 Å². The van der Waals surface area contributed by atoms with E-state index in [1.54, 1.807) is 0 Å². The third-order valence-electron chi connectivity index (χ3n) is 2.10. The standard InChI is InChI=1S/C7H12O/c1-6-3-2-4-7(6)5-8/h5-7H,2-4H2,1H3/t6?,7-/m1/s1. The maximum absolute atomic E-state index is 10.2. The molecule has 0 heterocycles. The summed E-state index contributed by atoms with van der Waals surface area (Å²) in [6.07, 6.45) is 4.75. The van der Waals surface area contributed by atoms with Crippen LogP contribution in [0.5, 0.6) is 0 Å². The van der Waals surface area contributed by atoms with Gasteiger partial charge in [0, 0.05) is 5.92 Å². The minimum absolute atomic E-state index is 0.384. The number of hydrogen-bond donors (Lipinski definition) is 0. The largest absolute Gasteiger partial charge is 0.303 e. The van der Waals surface area contributed by atoms with Gasteiger partial charge in [0.15, 0.2) is 0 Å². The molecule has 8 heavy (non-hydrogen) atoms. The predicted octanol–water partition coefficient (Wildman–Crippen LogP) is 1.62. The summed E-state index contributed by atoms with van der Waals surface area (Å²) in [6, 6.07) is 0.